The number of carbonyl (C=O) groups is 1. The molecule has 0 fully saturated rings. The molecule has 206 valence electrons. The van der Waals surface area contributed by atoms with Gasteiger partial charge in [0, 0.05) is 0 Å². The van der Waals surface area contributed by atoms with E-state index in [0.29, 0.717) is 5.69 Å². The molecule has 5 aromatic rings. The number of sulfonamides is 1. The van der Waals surface area contributed by atoms with E-state index < -0.39 is 16.1 Å². The van der Waals surface area contributed by atoms with Crippen LogP contribution in [0.15, 0.2) is 138 Å². The molecular weight excluding hydrogens is 528 g/mol. The molecule has 0 saturated heterocycles. The second-order valence-electron chi connectivity index (χ2n) is 10.1. The second kappa shape index (κ2) is 12.2. The maximum absolute atomic E-state index is 14.1. The maximum Gasteiger partial charge on any atom is 0.264 e. The first-order valence-corrected chi connectivity index (χ1v) is 14.9. The van der Waals surface area contributed by atoms with Gasteiger partial charge in [-0.05, 0) is 54.8 Å². The minimum atomic E-state index is -4.01. The summed E-state index contributed by atoms with van der Waals surface area (Å²) in [6.07, 6.45) is 0. The molecule has 5 nitrogen and oxygen atoms in total. The normalized spacial score (nSPS) is 12.0. The minimum absolute atomic E-state index is 0.0709. The fourth-order valence-corrected chi connectivity index (χ4v) is 6.21. The zero-order valence-corrected chi connectivity index (χ0v) is 23.9. The van der Waals surface area contributed by atoms with Crippen LogP contribution in [0.2, 0.25) is 0 Å². The number of carbonyl (C=O) groups excluding carboxylic acids is 1. The van der Waals surface area contributed by atoms with E-state index in [-0.39, 0.29) is 22.9 Å². The van der Waals surface area contributed by atoms with Crippen LogP contribution in [0.4, 0.5) is 5.69 Å². The van der Waals surface area contributed by atoms with Crippen molar-refractivity contribution in [2.75, 3.05) is 4.31 Å². The largest absolute Gasteiger partial charge is 0.341 e. The highest BCUT2D eigenvalue weighted by Gasteiger charge is 2.29. The maximum atomic E-state index is 14.1. The van der Waals surface area contributed by atoms with E-state index in [1.807, 2.05) is 98.8 Å². The molecule has 0 aromatic heterocycles. The predicted octanol–water partition coefficient (Wildman–Crippen LogP) is 7.22. The molecule has 0 radical (unpaired) electrons. The molecule has 0 aliphatic rings. The monoisotopic (exact) mass is 560 g/mol. The smallest absolute Gasteiger partial charge is 0.264 e. The first kappa shape index (κ1) is 27.9. The highest BCUT2D eigenvalue weighted by Crippen LogP contribution is 2.31. The van der Waals surface area contributed by atoms with Gasteiger partial charge in [0.05, 0.1) is 28.7 Å². The van der Waals surface area contributed by atoms with Crippen LogP contribution in [0.1, 0.15) is 44.2 Å². The van der Waals surface area contributed by atoms with Crippen LogP contribution in [0.3, 0.4) is 0 Å². The van der Waals surface area contributed by atoms with Crippen molar-refractivity contribution in [1.29, 1.82) is 0 Å². The molecule has 0 aliphatic heterocycles. The van der Waals surface area contributed by atoms with Crippen molar-refractivity contribution in [3.8, 4) is 0 Å². The van der Waals surface area contributed by atoms with Crippen LogP contribution in [-0.4, -0.2) is 14.3 Å². The lowest BCUT2D eigenvalue weighted by Crippen LogP contribution is -2.34. The van der Waals surface area contributed by atoms with Gasteiger partial charge in [0.25, 0.3) is 15.9 Å². The predicted molar refractivity (Wildman–Crippen MR) is 164 cm³/mol. The van der Waals surface area contributed by atoms with E-state index in [4.69, 9.17) is 0 Å². The van der Waals surface area contributed by atoms with Gasteiger partial charge in [0.2, 0.25) is 0 Å². The standard InChI is InChI=1S/C35H32N2O3S/c1-26-17-21-30(22-18-26)34(29-13-7-4-8-14-29)36-35(38)32-15-9-10-16-33(32)37(25-28-11-5-3-6-12-28)41(39,40)31-23-19-27(2)20-24-31/h3-24,34H,25H2,1-2H3,(H,36,38). The molecule has 0 aliphatic carbocycles. The minimum Gasteiger partial charge on any atom is -0.341 e. The summed E-state index contributed by atoms with van der Waals surface area (Å²) in [6.45, 7) is 4.00. The van der Waals surface area contributed by atoms with Gasteiger partial charge in [-0.2, -0.15) is 0 Å². The fraction of sp³-hybridized carbons (Fsp3) is 0.114. The van der Waals surface area contributed by atoms with Crippen molar-refractivity contribution in [3.63, 3.8) is 0 Å². The summed E-state index contributed by atoms with van der Waals surface area (Å²) in [6, 6.07) is 40.4. The first-order chi connectivity index (χ1) is 19.8. The summed E-state index contributed by atoms with van der Waals surface area (Å²) in [5.41, 5.74) is 5.32. The van der Waals surface area contributed by atoms with Gasteiger partial charge in [0.1, 0.15) is 0 Å². The molecule has 5 rings (SSSR count). The summed E-state index contributed by atoms with van der Waals surface area (Å²) >= 11 is 0. The number of amides is 1. The highest BCUT2D eigenvalue weighted by molar-refractivity contribution is 7.92. The number of para-hydroxylation sites is 1. The van der Waals surface area contributed by atoms with E-state index in [1.165, 1.54) is 4.31 Å². The summed E-state index contributed by atoms with van der Waals surface area (Å²) in [5.74, 6) is -0.368. The Morgan fingerprint density at radius 2 is 1.17 bits per heavy atom. The van der Waals surface area contributed by atoms with Crippen molar-refractivity contribution >= 4 is 21.6 Å². The molecule has 1 unspecified atom stereocenters. The van der Waals surface area contributed by atoms with Gasteiger partial charge in [-0.15, -0.1) is 0 Å². The second-order valence-corrected chi connectivity index (χ2v) is 11.9. The molecule has 41 heavy (non-hydrogen) atoms. The number of nitrogens with zero attached hydrogens (tertiary/aromatic N) is 1. The Morgan fingerprint density at radius 3 is 1.80 bits per heavy atom. The van der Waals surface area contributed by atoms with Gasteiger partial charge in [0.15, 0.2) is 0 Å². The van der Waals surface area contributed by atoms with E-state index in [0.717, 1.165) is 27.8 Å². The Kier molecular flexibility index (Phi) is 8.31. The third kappa shape index (κ3) is 6.39. The number of hydrogen-bond acceptors (Lipinski definition) is 3. The molecular formula is C35H32N2O3S. The average molecular weight is 561 g/mol. The van der Waals surface area contributed by atoms with Crippen LogP contribution in [0, 0.1) is 13.8 Å². The van der Waals surface area contributed by atoms with Crippen molar-refractivity contribution in [2.24, 2.45) is 0 Å². The molecule has 6 heteroatoms. The van der Waals surface area contributed by atoms with E-state index in [2.05, 4.69) is 5.32 Å². The number of rotatable bonds is 9. The summed E-state index contributed by atoms with van der Waals surface area (Å²) in [7, 11) is -4.01. The van der Waals surface area contributed by atoms with Crippen molar-refractivity contribution in [2.45, 2.75) is 31.3 Å². The average Bonchev–Trinajstić information content (AvgIpc) is 3.00. The summed E-state index contributed by atoms with van der Waals surface area (Å²) in [4.78, 5) is 14.2. The molecule has 1 N–H and O–H groups in total. The van der Waals surface area contributed by atoms with Gasteiger partial charge in [-0.3, -0.25) is 9.10 Å². The molecule has 1 amide bonds. The van der Waals surface area contributed by atoms with Gasteiger partial charge < -0.3 is 5.32 Å². The Labute approximate surface area is 242 Å². The SMILES string of the molecule is Cc1ccc(C(NC(=O)c2ccccc2N(Cc2ccccc2)S(=O)(=O)c2ccc(C)cc2)c2ccccc2)cc1. The van der Waals surface area contributed by atoms with Crippen LogP contribution >= 0.6 is 0 Å². The van der Waals surface area contributed by atoms with Crippen LogP contribution < -0.4 is 9.62 Å². The fourth-order valence-electron chi connectivity index (χ4n) is 4.74. The van der Waals surface area contributed by atoms with Crippen molar-refractivity contribution in [3.05, 3.63) is 167 Å². The number of nitrogens with one attached hydrogen (secondary N) is 1. The number of benzene rings is 5. The third-order valence-corrected chi connectivity index (χ3v) is 8.79. The van der Waals surface area contributed by atoms with Crippen molar-refractivity contribution < 1.29 is 13.2 Å². The molecule has 0 bridgehead atoms. The zero-order chi connectivity index (χ0) is 28.8. The summed E-state index contributed by atoms with van der Waals surface area (Å²) in [5, 5.41) is 3.18. The Hall–Kier alpha value is -4.68. The molecule has 0 heterocycles. The van der Waals surface area contributed by atoms with Crippen LogP contribution in [-0.2, 0) is 16.6 Å². The lowest BCUT2D eigenvalue weighted by molar-refractivity contribution is 0.0943. The molecule has 5 aromatic carbocycles. The van der Waals surface area contributed by atoms with Crippen molar-refractivity contribution in [1.82, 2.24) is 5.32 Å². The molecule has 0 spiro atoms. The van der Waals surface area contributed by atoms with E-state index >= 15 is 0 Å². The highest BCUT2D eigenvalue weighted by atomic mass is 32.2. The van der Waals surface area contributed by atoms with Gasteiger partial charge >= 0.3 is 0 Å². The van der Waals surface area contributed by atoms with Gasteiger partial charge in [-0.1, -0.05) is 120 Å². The van der Waals surface area contributed by atoms with E-state index in [9.17, 15) is 13.2 Å². The molecule has 0 saturated carbocycles. The molecule has 1 atom stereocenters. The Morgan fingerprint density at radius 1 is 0.659 bits per heavy atom. The number of anilines is 1. The zero-order valence-electron chi connectivity index (χ0n) is 23.1. The Bertz CT molecular complexity index is 1720. The first-order valence-electron chi connectivity index (χ1n) is 13.5. The summed E-state index contributed by atoms with van der Waals surface area (Å²) < 4.78 is 29.6. The topological polar surface area (TPSA) is 66.5 Å². The number of hydrogen-bond donors (Lipinski definition) is 1. The van der Waals surface area contributed by atoms with Crippen LogP contribution in [0.5, 0.6) is 0 Å². The quantitative estimate of drug-likeness (QED) is 0.207. The Balaban J connectivity index is 1.57. The van der Waals surface area contributed by atoms with E-state index in [1.54, 1.807) is 48.5 Å². The van der Waals surface area contributed by atoms with Crippen LogP contribution in [0.25, 0.3) is 0 Å². The lowest BCUT2D eigenvalue weighted by atomic mass is 9.97. The number of aryl methyl sites for hydroxylation is 2. The lowest BCUT2D eigenvalue weighted by Gasteiger charge is -2.27. The van der Waals surface area contributed by atoms with Gasteiger partial charge in [-0.25, -0.2) is 8.42 Å². The third-order valence-electron chi connectivity index (χ3n) is 7.01.